The van der Waals surface area contributed by atoms with Gasteiger partial charge in [-0.25, -0.2) is 16.8 Å². The van der Waals surface area contributed by atoms with Crippen LogP contribution in [0.25, 0.3) is 0 Å². The molecule has 11 heteroatoms. The molecule has 0 atom stereocenters. The van der Waals surface area contributed by atoms with Gasteiger partial charge in [-0.2, -0.15) is 0 Å². The van der Waals surface area contributed by atoms with E-state index in [-0.39, 0.29) is 16.7 Å². The first-order valence-electron chi connectivity index (χ1n) is 4.97. The molecule has 7 nitrogen and oxygen atoms in total. The van der Waals surface area contributed by atoms with Gasteiger partial charge in [0.2, 0.25) is 0 Å². The predicted molar refractivity (Wildman–Crippen MR) is 73.4 cm³/mol. The van der Waals surface area contributed by atoms with Crippen LogP contribution in [0.1, 0.15) is 16.7 Å². The second-order valence-corrected chi connectivity index (χ2v) is 9.02. The van der Waals surface area contributed by atoms with Crippen molar-refractivity contribution in [3.63, 3.8) is 0 Å². The van der Waals surface area contributed by atoms with Gasteiger partial charge in [-0.05, 0) is 31.9 Å². The molecule has 0 radical (unpaired) electrons. The number of nitro benzene ring substituents is 1. The third-order valence-electron chi connectivity index (χ3n) is 2.91. The number of hydrogen-bond donors (Lipinski definition) is 0. The van der Waals surface area contributed by atoms with Gasteiger partial charge < -0.3 is 0 Å². The molecule has 112 valence electrons. The first kappa shape index (κ1) is 17.2. The van der Waals surface area contributed by atoms with Gasteiger partial charge in [0.15, 0.2) is 4.90 Å². The number of halogens is 2. The van der Waals surface area contributed by atoms with E-state index in [2.05, 4.69) is 0 Å². The molecule has 0 N–H and O–H groups in total. The fourth-order valence-electron chi connectivity index (χ4n) is 1.82. The number of nitro groups is 1. The molecule has 20 heavy (non-hydrogen) atoms. The zero-order valence-corrected chi connectivity index (χ0v) is 13.6. The van der Waals surface area contributed by atoms with Crippen LogP contribution in [0.5, 0.6) is 0 Å². The highest BCUT2D eigenvalue weighted by molar-refractivity contribution is 8.16. The van der Waals surface area contributed by atoms with Gasteiger partial charge in [-0.1, -0.05) is 0 Å². The molecule has 0 aliphatic carbocycles. The summed E-state index contributed by atoms with van der Waals surface area (Å²) in [5.41, 5.74) is -0.625. The summed E-state index contributed by atoms with van der Waals surface area (Å²) in [6.45, 7) is 4.03. The zero-order chi connectivity index (χ0) is 16.0. The van der Waals surface area contributed by atoms with Gasteiger partial charge >= 0.3 is 0 Å². The van der Waals surface area contributed by atoms with Crippen LogP contribution in [0, 0.1) is 30.9 Å². The molecule has 1 rings (SSSR count). The van der Waals surface area contributed by atoms with E-state index in [1.807, 2.05) is 0 Å². The van der Waals surface area contributed by atoms with E-state index in [4.69, 9.17) is 21.4 Å². The summed E-state index contributed by atoms with van der Waals surface area (Å²) in [6, 6.07) is 0. The Kier molecular flexibility index (Phi) is 4.41. The monoisotopic (exact) mass is 361 g/mol. The third-order valence-corrected chi connectivity index (χ3v) is 5.85. The maximum atomic E-state index is 11.6. The minimum absolute atomic E-state index is 0.00215. The third kappa shape index (κ3) is 2.90. The first-order chi connectivity index (χ1) is 8.80. The van der Waals surface area contributed by atoms with E-state index >= 15 is 0 Å². The van der Waals surface area contributed by atoms with Crippen molar-refractivity contribution in [2.24, 2.45) is 0 Å². The molecule has 1 aromatic rings. The smallest absolute Gasteiger partial charge is 0.258 e. The molecule has 0 saturated heterocycles. The Hall–Kier alpha value is -0.900. The first-order valence-corrected chi connectivity index (χ1v) is 9.59. The van der Waals surface area contributed by atoms with Gasteiger partial charge in [0.25, 0.3) is 23.8 Å². The van der Waals surface area contributed by atoms with Crippen molar-refractivity contribution in [2.75, 3.05) is 0 Å². The molecule has 0 heterocycles. The summed E-state index contributed by atoms with van der Waals surface area (Å²) in [5.74, 6) is 0. The SMILES string of the molecule is Cc1c(C)c([N+](=O)[O-])c(S(=O)(=O)Cl)c(S(=O)(=O)Cl)c1C. The highest BCUT2D eigenvalue weighted by Gasteiger charge is 2.37. The second-order valence-electron chi connectivity index (χ2n) is 4.01. The summed E-state index contributed by atoms with van der Waals surface area (Å²) in [6.07, 6.45) is 0. The predicted octanol–water partition coefficient (Wildman–Crippen LogP) is 2.38. The van der Waals surface area contributed by atoms with Crippen LogP contribution >= 0.6 is 21.4 Å². The van der Waals surface area contributed by atoms with E-state index in [1.165, 1.54) is 20.8 Å². The average Bonchev–Trinajstić information content (AvgIpc) is 2.21. The molecule has 1 aromatic carbocycles. The lowest BCUT2D eigenvalue weighted by molar-refractivity contribution is -0.388. The van der Waals surface area contributed by atoms with E-state index in [1.54, 1.807) is 0 Å². The number of hydrogen-bond acceptors (Lipinski definition) is 6. The summed E-state index contributed by atoms with van der Waals surface area (Å²) in [7, 11) is 1.14. The number of rotatable bonds is 3. The summed E-state index contributed by atoms with van der Waals surface area (Å²) in [4.78, 5) is 8.12. The highest BCUT2D eigenvalue weighted by Crippen LogP contribution is 2.41. The Morgan fingerprint density at radius 2 is 1.25 bits per heavy atom. The lowest BCUT2D eigenvalue weighted by Crippen LogP contribution is -2.11. The van der Waals surface area contributed by atoms with Crippen LogP contribution in [0.3, 0.4) is 0 Å². The molecule has 0 unspecified atom stereocenters. The Labute approximate surface area is 124 Å². The minimum Gasteiger partial charge on any atom is -0.258 e. The average molecular weight is 362 g/mol. The quantitative estimate of drug-likeness (QED) is 0.464. The summed E-state index contributed by atoms with van der Waals surface area (Å²) >= 11 is 0. The van der Waals surface area contributed by atoms with Gasteiger partial charge in [0.05, 0.1) is 4.92 Å². The van der Waals surface area contributed by atoms with Crippen molar-refractivity contribution in [3.8, 4) is 0 Å². The lowest BCUT2D eigenvalue weighted by atomic mass is 10.0. The van der Waals surface area contributed by atoms with Crippen molar-refractivity contribution in [1.29, 1.82) is 0 Å². The van der Waals surface area contributed by atoms with Gasteiger partial charge in [-0.3, -0.25) is 10.1 Å². The maximum absolute atomic E-state index is 11.6. The molecular formula is C9H9Cl2NO6S2. The molecule has 0 amide bonds. The van der Waals surface area contributed by atoms with Crippen LogP contribution < -0.4 is 0 Å². The normalized spacial score (nSPS) is 12.4. The van der Waals surface area contributed by atoms with E-state index < -0.39 is 38.5 Å². The van der Waals surface area contributed by atoms with Crippen LogP contribution in [-0.2, 0) is 18.1 Å². The number of nitrogens with zero attached hydrogens (tertiary/aromatic N) is 1. The van der Waals surface area contributed by atoms with Crippen LogP contribution in [0.4, 0.5) is 5.69 Å². The molecule has 0 bridgehead atoms. The van der Waals surface area contributed by atoms with E-state index in [0.717, 1.165) is 0 Å². The fraction of sp³-hybridized carbons (Fsp3) is 0.333. The summed E-state index contributed by atoms with van der Waals surface area (Å²) in [5, 5.41) is 11.1. The van der Waals surface area contributed by atoms with Gasteiger partial charge in [0.1, 0.15) is 4.90 Å². The molecule has 0 aliphatic heterocycles. The molecular weight excluding hydrogens is 353 g/mol. The van der Waals surface area contributed by atoms with Crippen molar-refractivity contribution in [2.45, 2.75) is 30.6 Å². The Morgan fingerprint density at radius 3 is 1.55 bits per heavy atom. The van der Waals surface area contributed by atoms with Crippen LogP contribution in [0.2, 0.25) is 0 Å². The van der Waals surface area contributed by atoms with Crippen molar-refractivity contribution < 1.29 is 21.8 Å². The van der Waals surface area contributed by atoms with Crippen LogP contribution in [-0.4, -0.2) is 21.8 Å². The number of benzene rings is 1. The fourth-order valence-corrected chi connectivity index (χ4v) is 5.45. The minimum atomic E-state index is -4.69. The Balaban J connectivity index is 4.31. The largest absolute Gasteiger partial charge is 0.293 e. The molecule has 0 spiro atoms. The molecule has 0 saturated carbocycles. The molecule has 0 fully saturated rings. The zero-order valence-electron chi connectivity index (χ0n) is 10.5. The Bertz CT molecular complexity index is 814. The van der Waals surface area contributed by atoms with Crippen molar-refractivity contribution in [1.82, 2.24) is 0 Å². The Morgan fingerprint density at radius 1 is 0.850 bits per heavy atom. The van der Waals surface area contributed by atoms with E-state index in [0.29, 0.717) is 0 Å². The van der Waals surface area contributed by atoms with E-state index in [9.17, 15) is 26.9 Å². The van der Waals surface area contributed by atoms with Gasteiger partial charge in [-0.15, -0.1) is 0 Å². The second kappa shape index (κ2) is 5.14. The van der Waals surface area contributed by atoms with Crippen molar-refractivity contribution in [3.05, 3.63) is 26.8 Å². The van der Waals surface area contributed by atoms with Crippen LogP contribution in [0.15, 0.2) is 9.79 Å². The van der Waals surface area contributed by atoms with Crippen molar-refractivity contribution >= 4 is 45.2 Å². The highest BCUT2D eigenvalue weighted by atomic mass is 35.7. The maximum Gasteiger partial charge on any atom is 0.293 e. The molecule has 0 aliphatic rings. The topological polar surface area (TPSA) is 111 Å². The lowest BCUT2D eigenvalue weighted by Gasteiger charge is -2.13. The summed E-state index contributed by atoms with van der Waals surface area (Å²) < 4.78 is 46.3. The standard InChI is InChI=1S/C9H9Cl2NO6S2/c1-4-5(2)7(12(13)14)9(20(11,17)18)8(6(4)3)19(10,15)16/h1-3H3. The molecule has 0 aromatic heterocycles. The van der Waals surface area contributed by atoms with Gasteiger partial charge in [0, 0.05) is 26.9 Å².